The Morgan fingerprint density at radius 2 is 2.00 bits per heavy atom. The minimum atomic E-state index is 0.183. The SMILES string of the molecule is NCc1ccc2cc(O)cc(Cl)c2c1. The van der Waals surface area contributed by atoms with Crippen LogP contribution in [0.4, 0.5) is 0 Å². The number of nitrogens with two attached hydrogens (primary N) is 1. The summed E-state index contributed by atoms with van der Waals surface area (Å²) in [6.07, 6.45) is 0. The first kappa shape index (κ1) is 9.31. The van der Waals surface area contributed by atoms with E-state index in [9.17, 15) is 5.11 Å². The smallest absolute Gasteiger partial charge is 0.117 e. The van der Waals surface area contributed by atoms with E-state index in [0.29, 0.717) is 11.6 Å². The van der Waals surface area contributed by atoms with Gasteiger partial charge < -0.3 is 10.8 Å². The van der Waals surface area contributed by atoms with Crippen molar-refractivity contribution in [3.63, 3.8) is 0 Å². The van der Waals surface area contributed by atoms with Crippen molar-refractivity contribution >= 4 is 22.4 Å². The minimum Gasteiger partial charge on any atom is -0.508 e. The lowest BCUT2D eigenvalue weighted by atomic mass is 10.1. The van der Waals surface area contributed by atoms with Crippen LogP contribution in [0.1, 0.15) is 5.56 Å². The highest BCUT2D eigenvalue weighted by molar-refractivity contribution is 6.35. The zero-order chi connectivity index (χ0) is 10.1. The van der Waals surface area contributed by atoms with Crippen molar-refractivity contribution in [3.05, 3.63) is 40.9 Å². The number of rotatable bonds is 1. The van der Waals surface area contributed by atoms with Gasteiger partial charge in [-0.1, -0.05) is 23.7 Å². The molecule has 72 valence electrons. The average Bonchev–Trinajstić information content (AvgIpc) is 2.17. The highest BCUT2D eigenvalue weighted by Crippen LogP contribution is 2.29. The van der Waals surface area contributed by atoms with Gasteiger partial charge in [0.2, 0.25) is 0 Å². The molecular formula is C11H10ClNO. The van der Waals surface area contributed by atoms with Crippen LogP contribution in [0.5, 0.6) is 5.75 Å². The lowest BCUT2D eigenvalue weighted by Crippen LogP contribution is -1.95. The number of benzene rings is 2. The molecule has 0 saturated heterocycles. The van der Waals surface area contributed by atoms with Gasteiger partial charge in [0.1, 0.15) is 5.75 Å². The third-order valence-electron chi connectivity index (χ3n) is 2.19. The Hall–Kier alpha value is -1.25. The van der Waals surface area contributed by atoms with Crippen molar-refractivity contribution in [1.29, 1.82) is 0 Å². The number of fused-ring (bicyclic) bond motifs is 1. The van der Waals surface area contributed by atoms with E-state index in [1.54, 1.807) is 6.07 Å². The van der Waals surface area contributed by atoms with Crippen LogP contribution in [0, 0.1) is 0 Å². The van der Waals surface area contributed by atoms with Crippen molar-refractivity contribution in [2.24, 2.45) is 5.73 Å². The Bertz CT molecular complexity index is 482. The van der Waals surface area contributed by atoms with Crippen LogP contribution in [-0.4, -0.2) is 5.11 Å². The van der Waals surface area contributed by atoms with E-state index in [0.717, 1.165) is 16.3 Å². The maximum absolute atomic E-state index is 9.33. The number of phenolic OH excluding ortho intramolecular Hbond substituents is 1. The van der Waals surface area contributed by atoms with E-state index < -0.39 is 0 Å². The molecule has 0 aliphatic rings. The molecule has 0 unspecified atom stereocenters. The molecule has 0 fully saturated rings. The molecule has 0 radical (unpaired) electrons. The molecule has 0 aromatic heterocycles. The number of hydrogen-bond acceptors (Lipinski definition) is 2. The van der Waals surface area contributed by atoms with Crippen LogP contribution in [0.2, 0.25) is 5.02 Å². The Morgan fingerprint density at radius 1 is 1.21 bits per heavy atom. The summed E-state index contributed by atoms with van der Waals surface area (Å²) in [7, 11) is 0. The highest BCUT2D eigenvalue weighted by atomic mass is 35.5. The molecule has 0 aliphatic heterocycles. The van der Waals surface area contributed by atoms with Crippen molar-refractivity contribution in [3.8, 4) is 5.75 Å². The normalized spacial score (nSPS) is 10.7. The molecule has 2 aromatic carbocycles. The summed E-state index contributed by atoms with van der Waals surface area (Å²) in [6, 6.07) is 8.99. The van der Waals surface area contributed by atoms with Crippen LogP contribution in [0.15, 0.2) is 30.3 Å². The fourth-order valence-electron chi connectivity index (χ4n) is 1.47. The highest BCUT2D eigenvalue weighted by Gasteiger charge is 2.02. The molecule has 2 nitrogen and oxygen atoms in total. The monoisotopic (exact) mass is 207 g/mol. The molecule has 2 aromatic rings. The number of aromatic hydroxyl groups is 1. The van der Waals surface area contributed by atoms with Crippen LogP contribution in [0.25, 0.3) is 10.8 Å². The minimum absolute atomic E-state index is 0.183. The molecule has 14 heavy (non-hydrogen) atoms. The quantitative estimate of drug-likeness (QED) is 0.755. The van der Waals surface area contributed by atoms with Gasteiger partial charge in [-0.2, -0.15) is 0 Å². The third kappa shape index (κ3) is 1.54. The number of hydrogen-bond donors (Lipinski definition) is 2. The largest absolute Gasteiger partial charge is 0.508 e. The van der Waals surface area contributed by atoms with E-state index in [-0.39, 0.29) is 5.75 Å². The summed E-state index contributed by atoms with van der Waals surface area (Å²) in [5, 5.41) is 11.7. The van der Waals surface area contributed by atoms with Crippen molar-refractivity contribution < 1.29 is 5.11 Å². The van der Waals surface area contributed by atoms with Crippen LogP contribution in [0.3, 0.4) is 0 Å². The average molecular weight is 208 g/mol. The zero-order valence-electron chi connectivity index (χ0n) is 7.50. The molecule has 2 rings (SSSR count). The molecule has 0 bridgehead atoms. The molecule has 0 amide bonds. The number of halogens is 1. The van der Waals surface area contributed by atoms with Gasteiger partial charge in [0.15, 0.2) is 0 Å². The Balaban J connectivity index is 2.75. The predicted molar refractivity (Wildman–Crippen MR) is 58.5 cm³/mol. The van der Waals surface area contributed by atoms with Gasteiger partial charge in [0.05, 0.1) is 5.02 Å². The Labute approximate surface area is 86.9 Å². The first-order chi connectivity index (χ1) is 6.70. The topological polar surface area (TPSA) is 46.2 Å². The van der Waals surface area contributed by atoms with Gasteiger partial charge in [-0.25, -0.2) is 0 Å². The molecule has 0 heterocycles. The summed E-state index contributed by atoms with van der Waals surface area (Å²) < 4.78 is 0. The van der Waals surface area contributed by atoms with Crippen molar-refractivity contribution in [2.75, 3.05) is 0 Å². The predicted octanol–water partition coefficient (Wildman–Crippen LogP) is 2.66. The van der Waals surface area contributed by atoms with E-state index >= 15 is 0 Å². The van der Waals surface area contributed by atoms with E-state index in [1.165, 1.54) is 6.07 Å². The second-order valence-corrected chi connectivity index (χ2v) is 3.59. The fourth-order valence-corrected chi connectivity index (χ4v) is 1.75. The first-order valence-corrected chi connectivity index (χ1v) is 4.70. The molecule has 3 N–H and O–H groups in total. The molecule has 3 heteroatoms. The van der Waals surface area contributed by atoms with Gasteiger partial charge in [-0.05, 0) is 29.1 Å². The van der Waals surface area contributed by atoms with E-state index in [1.807, 2.05) is 18.2 Å². The van der Waals surface area contributed by atoms with Crippen LogP contribution >= 0.6 is 11.6 Å². The second-order valence-electron chi connectivity index (χ2n) is 3.19. The summed E-state index contributed by atoms with van der Waals surface area (Å²) in [6.45, 7) is 0.493. The summed E-state index contributed by atoms with van der Waals surface area (Å²) in [5.41, 5.74) is 6.56. The molecule has 0 aliphatic carbocycles. The summed E-state index contributed by atoms with van der Waals surface area (Å²) >= 11 is 5.99. The van der Waals surface area contributed by atoms with Gasteiger partial charge >= 0.3 is 0 Å². The van der Waals surface area contributed by atoms with Gasteiger partial charge in [0.25, 0.3) is 0 Å². The van der Waals surface area contributed by atoms with Crippen LogP contribution in [-0.2, 0) is 6.54 Å². The first-order valence-electron chi connectivity index (χ1n) is 4.32. The lowest BCUT2D eigenvalue weighted by molar-refractivity contribution is 0.476. The van der Waals surface area contributed by atoms with Crippen LogP contribution < -0.4 is 5.73 Å². The molecule has 0 atom stereocenters. The molecule has 0 saturated carbocycles. The fraction of sp³-hybridized carbons (Fsp3) is 0.0909. The van der Waals surface area contributed by atoms with Gasteiger partial charge in [-0.15, -0.1) is 0 Å². The second kappa shape index (κ2) is 3.48. The zero-order valence-corrected chi connectivity index (χ0v) is 8.25. The van der Waals surface area contributed by atoms with Gasteiger partial charge in [-0.3, -0.25) is 0 Å². The standard InChI is InChI=1S/C11H10ClNO/c12-11-5-9(14)4-8-2-1-7(6-13)3-10(8)11/h1-5,14H,6,13H2. The summed E-state index contributed by atoms with van der Waals surface area (Å²) in [4.78, 5) is 0. The summed E-state index contributed by atoms with van der Waals surface area (Å²) in [5.74, 6) is 0.183. The van der Waals surface area contributed by atoms with E-state index in [4.69, 9.17) is 17.3 Å². The maximum Gasteiger partial charge on any atom is 0.117 e. The Morgan fingerprint density at radius 3 is 2.71 bits per heavy atom. The molecular weight excluding hydrogens is 198 g/mol. The maximum atomic E-state index is 9.33. The third-order valence-corrected chi connectivity index (χ3v) is 2.50. The Kier molecular flexibility index (Phi) is 2.32. The van der Waals surface area contributed by atoms with E-state index in [2.05, 4.69) is 0 Å². The lowest BCUT2D eigenvalue weighted by Gasteiger charge is -2.04. The van der Waals surface area contributed by atoms with Crippen molar-refractivity contribution in [1.82, 2.24) is 0 Å². The molecule has 0 spiro atoms. The van der Waals surface area contributed by atoms with Crippen molar-refractivity contribution in [2.45, 2.75) is 6.54 Å². The number of phenols is 1. The van der Waals surface area contributed by atoms with Gasteiger partial charge in [0, 0.05) is 11.9 Å².